The molecule has 1 N–H and O–H groups in total. The first-order valence-electron chi connectivity index (χ1n) is 7.84. The van der Waals surface area contributed by atoms with Crippen molar-refractivity contribution in [2.45, 2.75) is 52.0 Å². The molecule has 0 spiro atoms. The highest BCUT2D eigenvalue weighted by molar-refractivity contribution is 5.76. The molecule has 3 nitrogen and oxygen atoms in total. The molecule has 0 aromatic rings. The molecule has 0 saturated heterocycles. The van der Waals surface area contributed by atoms with E-state index in [1.54, 1.807) is 18.2 Å². The molecule has 21 heavy (non-hydrogen) atoms. The fourth-order valence-corrected chi connectivity index (χ4v) is 2.45. The van der Waals surface area contributed by atoms with Crippen molar-refractivity contribution in [2.75, 3.05) is 13.2 Å². The van der Waals surface area contributed by atoms with E-state index >= 15 is 0 Å². The molecule has 0 aromatic carbocycles. The summed E-state index contributed by atoms with van der Waals surface area (Å²) in [4.78, 5) is 12.2. The van der Waals surface area contributed by atoms with Crippen molar-refractivity contribution >= 4 is 5.97 Å². The van der Waals surface area contributed by atoms with E-state index in [-0.39, 0.29) is 12.6 Å². The van der Waals surface area contributed by atoms with Crippen molar-refractivity contribution in [3.05, 3.63) is 37.0 Å². The highest BCUT2D eigenvalue weighted by Crippen LogP contribution is 2.21. The molecule has 0 unspecified atom stereocenters. The smallest absolute Gasteiger partial charge is 0.313 e. The molecular weight excluding hydrogens is 262 g/mol. The maximum Gasteiger partial charge on any atom is 0.313 e. The number of esters is 1. The van der Waals surface area contributed by atoms with Crippen LogP contribution in [0.1, 0.15) is 46.0 Å². The maximum absolute atomic E-state index is 12.2. The SMILES string of the molecule is C=C/C=C(\C=C)COC(=O)C(C)(C)CNC1CCCCC1. The van der Waals surface area contributed by atoms with Crippen LogP contribution in [0.15, 0.2) is 37.0 Å². The Hall–Kier alpha value is -1.35. The molecule has 0 amide bonds. The minimum atomic E-state index is -0.516. The number of rotatable bonds is 8. The van der Waals surface area contributed by atoms with Gasteiger partial charge in [-0.05, 0) is 32.3 Å². The quantitative estimate of drug-likeness (QED) is 0.546. The van der Waals surface area contributed by atoms with Gasteiger partial charge in [0.25, 0.3) is 0 Å². The summed E-state index contributed by atoms with van der Waals surface area (Å²) in [6, 6.07) is 0.551. The van der Waals surface area contributed by atoms with Gasteiger partial charge in [0.05, 0.1) is 5.41 Å². The van der Waals surface area contributed by atoms with E-state index in [1.165, 1.54) is 32.1 Å². The molecule has 1 rings (SSSR count). The molecule has 0 bridgehead atoms. The Kier molecular flexibility index (Phi) is 7.44. The van der Waals surface area contributed by atoms with Crippen LogP contribution in [0.2, 0.25) is 0 Å². The number of hydrogen-bond donors (Lipinski definition) is 1. The molecule has 3 heteroatoms. The second-order valence-electron chi connectivity index (χ2n) is 6.36. The van der Waals surface area contributed by atoms with Gasteiger partial charge < -0.3 is 10.1 Å². The van der Waals surface area contributed by atoms with Crippen LogP contribution in [0, 0.1) is 5.41 Å². The molecule has 1 aliphatic carbocycles. The second-order valence-corrected chi connectivity index (χ2v) is 6.36. The topological polar surface area (TPSA) is 38.3 Å². The number of allylic oxidation sites excluding steroid dienone is 2. The second kappa shape index (κ2) is 8.83. The van der Waals surface area contributed by atoms with E-state index in [1.807, 2.05) is 13.8 Å². The Morgan fingerprint density at radius 3 is 2.52 bits per heavy atom. The van der Waals surface area contributed by atoms with Gasteiger partial charge in [-0.25, -0.2) is 0 Å². The standard InChI is InChI=1S/C18H29NO2/c1-5-10-15(6-2)13-21-17(20)18(3,4)14-19-16-11-8-7-9-12-16/h5-6,10,16,19H,1-2,7-9,11-14H2,3-4H3/b15-10+. The molecule has 1 saturated carbocycles. The van der Waals surface area contributed by atoms with Crippen molar-refractivity contribution in [1.29, 1.82) is 0 Å². The van der Waals surface area contributed by atoms with Crippen molar-refractivity contribution in [3.63, 3.8) is 0 Å². The summed E-state index contributed by atoms with van der Waals surface area (Å²) in [5.41, 5.74) is 0.340. The molecule has 0 atom stereocenters. The summed E-state index contributed by atoms with van der Waals surface area (Å²) in [5.74, 6) is -0.178. The monoisotopic (exact) mass is 291 g/mol. The molecule has 0 aliphatic heterocycles. The van der Waals surface area contributed by atoms with E-state index in [2.05, 4.69) is 18.5 Å². The van der Waals surface area contributed by atoms with Gasteiger partial charge in [-0.2, -0.15) is 0 Å². The van der Waals surface area contributed by atoms with E-state index in [4.69, 9.17) is 4.74 Å². The van der Waals surface area contributed by atoms with Crippen molar-refractivity contribution in [2.24, 2.45) is 5.41 Å². The van der Waals surface area contributed by atoms with Crippen LogP contribution < -0.4 is 5.32 Å². The van der Waals surface area contributed by atoms with E-state index < -0.39 is 5.41 Å². The van der Waals surface area contributed by atoms with Crippen LogP contribution >= 0.6 is 0 Å². The molecule has 1 aliphatic rings. The average Bonchev–Trinajstić information content (AvgIpc) is 2.50. The molecule has 0 aromatic heterocycles. The summed E-state index contributed by atoms with van der Waals surface area (Å²) in [7, 11) is 0. The average molecular weight is 291 g/mol. The van der Waals surface area contributed by atoms with Gasteiger partial charge in [0.1, 0.15) is 6.61 Å². The van der Waals surface area contributed by atoms with E-state index in [0.29, 0.717) is 12.6 Å². The molecule has 0 radical (unpaired) electrons. The molecule has 0 heterocycles. The first-order valence-corrected chi connectivity index (χ1v) is 7.84. The van der Waals surface area contributed by atoms with Gasteiger partial charge in [-0.3, -0.25) is 4.79 Å². The Morgan fingerprint density at radius 2 is 1.95 bits per heavy atom. The minimum absolute atomic E-state index is 0.178. The van der Waals surface area contributed by atoms with E-state index in [9.17, 15) is 4.79 Å². The summed E-state index contributed by atoms with van der Waals surface area (Å²) >= 11 is 0. The number of carbonyl (C=O) groups excluding carboxylic acids is 1. The Balaban J connectivity index is 2.40. The largest absolute Gasteiger partial charge is 0.460 e. The van der Waals surface area contributed by atoms with Crippen LogP contribution in [-0.4, -0.2) is 25.2 Å². The van der Waals surface area contributed by atoms with Crippen molar-refractivity contribution in [1.82, 2.24) is 5.32 Å². The van der Waals surface area contributed by atoms with Gasteiger partial charge in [0.15, 0.2) is 0 Å². The predicted molar refractivity (Wildman–Crippen MR) is 88.1 cm³/mol. The first-order chi connectivity index (χ1) is 9.99. The van der Waals surface area contributed by atoms with Crippen molar-refractivity contribution in [3.8, 4) is 0 Å². The zero-order valence-electron chi connectivity index (χ0n) is 13.5. The normalized spacial score (nSPS) is 17.3. The molecule has 118 valence electrons. The highest BCUT2D eigenvalue weighted by atomic mass is 16.5. The zero-order valence-corrected chi connectivity index (χ0v) is 13.5. The van der Waals surface area contributed by atoms with Crippen LogP contribution in [0.5, 0.6) is 0 Å². The third-order valence-corrected chi connectivity index (χ3v) is 3.95. The Labute approximate surface area is 129 Å². The first kappa shape index (κ1) is 17.7. The summed E-state index contributed by atoms with van der Waals surface area (Å²) in [6.07, 6.45) is 11.5. The predicted octanol–water partition coefficient (Wildman–Crippen LogP) is 3.78. The lowest BCUT2D eigenvalue weighted by Crippen LogP contribution is -2.42. The fourth-order valence-electron chi connectivity index (χ4n) is 2.45. The lowest BCUT2D eigenvalue weighted by molar-refractivity contribution is -0.152. The summed E-state index contributed by atoms with van der Waals surface area (Å²) in [5, 5.41) is 3.52. The van der Waals surface area contributed by atoms with Crippen molar-refractivity contribution < 1.29 is 9.53 Å². The van der Waals surface area contributed by atoms with Gasteiger partial charge in [-0.1, -0.05) is 50.6 Å². The summed E-state index contributed by atoms with van der Waals surface area (Å²) < 4.78 is 5.39. The third kappa shape index (κ3) is 6.30. The highest BCUT2D eigenvalue weighted by Gasteiger charge is 2.30. The van der Waals surface area contributed by atoms with Crippen LogP contribution in [0.3, 0.4) is 0 Å². The number of hydrogen-bond acceptors (Lipinski definition) is 3. The lowest BCUT2D eigenvalue weighted by atomic mass is 9.91. The lowest BCUT2D eigenvalue weighted by Gasteiger charge is -2.28. The number of carbonyl (C=O) groups is 1. The van der Waals surface area contributed by atoms with Gasteiger partial charge in [0, 0.05) is 12.6 Å². The van der Waals surface area contributed by atoms with Gasteiger partial charge in [-0.15, -0.1) is 0 Å². The fraction of sp³-hybridized carbons (Fsp3) is 0.611. The van der Waals surface area contributed by atoms with E-state index in [0.717, 1.165) is 5.57 Å². The van der Waals surface area contributed by atoms with Gasteiger partial charge >= 0.3 is 5.97 Å². The Bertz CT molecular complexity index is 390. The van der Waals surface area contributed by atoms with Crippen LogP contribution in [-0.2, 0) is 9.53 Å². The van der Waals surface area contributed by atoms with Crippen LogP contribution in [0.4, 0.5) is 0 Å². The third-order valence-electron chi connectivity index (χ3n) is 3.95. The maximum atomic E-state index is 12.2. The Morgan fingerprint density at radius 1 is 1.29 bits per heavy atom. The zero-order chi connectivity index (χ0) is 15.7. The summed E-state index contributed by atoms with van der Waals surface area (Å²) in [6.45, 7) is 12.1. The van der Waals surface area contributed by atoms with Crippen LogP contribution in [0.25, 0.3) is 0 Å². The number of nitrogens with one attached hydrogen (secondary N) is 1. The number of ether oxygens (including phenoxy) is 1. The minimum Gasteiger partial charge on any atom is -0.460 e. The molecule has 1 fully saturated rings. The molecular formula is C18H29NO2. The van der Waals surface area contributed by atoms with Gasteiger partial charge in [0.2, 0.25) is 0 Å².